The van der Waals surface area contributed by atoms with Crippen LogP contribution in [0.4, 0.5) is 0 Å². The molecule has 1 aliphatic rings. The van der Waals surface area contributed by atoms with Crippen LogP contribution in [-0.4, -0.2) is 35.1 Å². The normalized spacial score (nSPS) is 34.1. The molecule has 2 unspecified atom stereocenters. The van der Waals surface area contributed by atoms with Crippen LogP contribution in [0.1, 0.15) is 6.92 Å². The van der Waals surface area contributed by atoms with Crippen molar-refractivity contribution in [1.29, 1.82) is 0 Å². The number of hydrogen-bond donors (Lipinski definition) is 2. The van der Waals surface area contributed by atoms with Gasteiger partial charge in [-0.25, -0.2) is 0 Å². The Labute approximate surface area is 47.9 Å². The highest BCUT2D eigenvalue weighted by molar-refractivity contribution is 4.89. The minimum Gasteiger partial charge on any atom is -0.393 e. The van der Waals surface area contributed by atoms with Crippen LogP contribution < -0.4 is 0 Å². The Morgan fingerprint density at radius 3 is 2.50 bits per heavy atom. The zero-order valence-corrected chi connectivity index (χ0v) is 4.79. The van der Waals surface area contributed by atoms with E-state index in [9.17, 15) is 0 Å². The van der Waals surface area contributed by atoms with E-state index in [2.05, 4.69) is 0 Å². The second kappa shape index (κ2) is 1.69. The molecule has 0 radical (unpaired) electrons. The van der Waals surface area contributed by atoms with E-state index in [-0.39, 0.29) is 12.7 Å². The van der Waals surface area contributed by atoms with Crippen molar-refractivity contribution in [1.82, 2.24) is 0 Å². The zero-order chi connectivity index (χ0) is 6.20. The summed E-state index contributed by atoms with van der Waals surface area (Å²) in [5.74, 6) is 0. The standard InChI is InChI=1S/C5H10O3/c1-5(7,3-6)4-2-8-4/h4,6-7H,2-3H2,1H3. The fraction of sp³-hybridized carbons (Fsp3) is 1.00. The van der Waals surface area contributed by atoms with Crippen LogP contribution in [0.25, 0.3) is 0 Å². The van der Waals surface area contributed by atoms with E-state index in [1.165, 1.54) is 0 Å². The number of ether oxygens (including phenoxy) is 1. The largest absolute Gasteiger partial charge is 0.393 e. The maximum absolute atomic E-state index is 9.09. The molecule has 0 aromatic heterocycles. The number of hydrogen-bond acceptors (Lipinski definition) is 3. The fourth-order valence-corrected chi connectivity index (χ4v) is 0.509. The van der Waals surface area contributed by atoms with Gasteiger partial charge in [0.15, 0.2) is 0 Å². The molecule has 2 N–H and O–H groups in total. The Kier molecular flexibility index (Phi) is 1.27. The second-order valence-electron chi connectivity index (χ2n) is 2.34. The van der Waals surface area contributed by atoms with Crippen LogP contribution in [0.15, 0.2) is 0 Å². The van der Waals surface area contributed by atoms with Crippen molar-refractivity contribution >= 4 is 0 Å². The van der Waals surface area contributed by atoms with E-state index in [0.29, 0.717) is 6.61 Å². The van der Waals surface area contributed by atoms with Crippen molar-refractivity contribution in [3.63, 3.8) is 0 Å². The summed E-state index contributed by atoms with van der Waals surface area (Å²) < 4.78 is 4.75. The van der Waals surface area contributed by atoms with Crippen molar-refractivity contribution in [2.24, 2.45) is 0 Å². The van der Waals surface area contributed by atoms with Gasteiger partial charge >= 0.3 is 0 Å². The van der Waals surface area contributed by atoms with Gasteiger partial charge in [0.25, 0.3) is 0 Å². The molecule has 8 heavy (non-hydrogen) atoms. The van der Waals surface area contributed by atoms with Gasteiger partial charge in [-0.05, 0) is 6.92 Å². The van der Waals surface area contributed by atoms with E-state index in [4.69, 9.17) is 14.9 Å². The van der Waals surface area contributed by atoms with Gasteiger partial charge in [-0.1, -0.05) is 0 Å². The van der Waals surface area contributed by atoms with E-state index >= 15 is 0 Å². The highest BCUT2D eigenvalue weighted by Crippen LogP contribution is 2.22. The first-order valence-electron chi connectivity index (χ1n) is 2.61. The molecule has 2 atom stereocenters. The molecule has 0 spiro atoms. The van der Waals surface area contributed by atoms with Crippen molar-refractivity contribution in [3.05, 3.63) is 0 Å². The summed E-state index contributed by atoms with van der Waals surface area (Å²) in [6.45, 7) is 1.91. The topological polar surface area (TPSA) is 53.0 Å². The van der Waals surface area contributed by atoms with Gasteiger partial charge in [0, 0.05) is 0 Å². The third-order valence-corrected chi connectivity index (χ3v) is 1.35. The average molecular weight is 118 g/mol. The third kappa shape index (κ3) is 0.992. The Balaban J connectivity index is 2.37. The first-order chi connectivity index (χ1) is 3.67. The molecule has 3 nitrogen and oxygen atoms in total. The van der Waals surface area contributed by atoms with Crippen molar-refractivity contribution in [2.45, 2.75) is 18.6 Å². The molecule has 1 saturated heterocycles. The molecule has 0 aromatic carbocycles. The number of epoxide rings is 1. The Morgan fingerprint density at radius 1 is 1.88 bits per heavy atom. The summed E-state index contributed by atoms with van der Waals surface area (Å²) in [4.78, 5) is 0. The number of aliphatic hydroxyl groups is 2. The molecule has 0 aliphatic carbocycles. The van der Waals surface area contributed by atoms with E-state index < -0.39 is 5.60 Å². The van der Waals surface area contributed by atoms with Gasteiger partial charge in [-0.2, -0.15) is 0 Å². The monoisotopic (exact) mass is 118 g/mol. The molecule has 1 rings (SSSR count). The van der Waals surface area contributed by atoms with E-state index in [1.807, 2.05) is 0 Å². The van der Waals surface area contributed by atoms with Gasteiger partial charge in [0.05, 0.1) is 13.2 Å². The van der Waals surface area contributed by atoms with E-state index in [0.717, 1.165) is 0 Å². The average Bonchev–Trinajstić information content (AvgIpc) is 2.44. The predicted molar refractivity (Wildman–Crippen MR) is 27.4 cm³/mol. The van der Waals surface area contributed by atoms with Gasteiger partial charge < -0.3 is 14.9 Å². The molecular weight excluding hydrogens is 108 g/mol. The quantitative estimate of drug-likeness (QED) is 0.463. The summed E-state index contributed by atoms with van der Waals surface area (Å²) >= 11 is 0. The highest BCUT2D eigenvalue weighted by Gasteiger charge is 2.41. The van der Waals surface area contributed by atoms with Crippen LogP contribution in [-0.2, 0) is 4.74 Å². The number of rotatable bonds is 2. The molecule has 1 heterocycles. The maximum Gasteiger partial charge on any atom is 0.113 e. The predicted octanol–water partition coefficient (Wildman–Crippen LogP) is -0.872. The summed E-state index contributed by atoms with van der Waals surface area (Å²) in [5, 5.41) is 17.6. The summed E-state index contributed by atoms with van der Waals surface area (Å²) in [5.41, 5.74) is -1.01. The lowest BCUT2D eigenvalue weighted by Crippen LogP contribution is -2.35. The first kappa shape index (κ1) is 6.01. The third-order valence-electron chi connectivity index (χ3n) is 1.35. The Morgan fingerprint density at radius 2 is 2.38 bits per heavy atom. The molecule has 0 amide bonds. The molecule has 0 bridgehead atoms. The molecule has 0 aromatic rings. The van der Waals surface area contributed by atoms with Crippen LogP contribution in [0, 0.1) is 0 Å². The van der Waals surface area contributed by atoms with Gasteiger partial charge in [0.2, 0.25) is 0 Å². The molecule has 0 saturated carbocycles. The second-order valence-corrected chi connectivity index (χ2v) is 2.34. The lowest BCUT2D eigenvalue weighted by molar-refractivity contribution is -0.0200. The van der Waals surface area contributed by atoms with Crippen molar-refractivity contribution in [2.75, 3.05) is 13.2 Å². The van der Waals surface area contributed by atoms with Crippen LogP contribution in [0.5, 0.6) is 0 Å². The van der Waals surface area contributed by atoms with Gasteiger partial charge in [-0.15, -0.1) is 0 Å². The molecule has 48 valence electrons. The molecular formula is C5H10O3. The summed E-state index contributed by atoms with van der Waals surface area (Å²) in [7, 11) is 0. The van der Waals surface area contributed by atoms with Crippen LogP contribution in [0.3, 0.4) is 0 Å². The lowest BCUT2D eigenvalue weighted by Gasteiger charge is -2.15. The highest BCUT2D eigenvalue weighted by atomic mass is 16.6. The molecule has 1 aliphatic heterocycles. The molecule has 1 fully saturated rings. The van der Waals surface area contributed by atoms with E-state index in [1.54, 1.807) is 6.92 Å². The Bertz CT molecular complexity index is 85.7. The fourth-order valence-electron chi connectivity index (χ4n) is 0.509. The summed E-state index contributed by atoms with van der Waals surface area (Å²) in [6.07, 6.45) is -0.132. The van der Waals surface area contributed by atoms with Gasteiger partial charge in [0.1, 0.15) is 11.7 Å². The lowest BCUT2D eigenvalue weighted by atomic mass is 10.1. The van der Waals surface area contributed by atoms with Crippen molar-refractivity contribution < 1.29 is 14.9 Å². The van der Waals surface area contributed by atoms with Crippen LogP contribution >= 0.6 is 0 Å². The minimum atomic E-state index is -1.01. The Hall–Kier alpha value is -0.120. The minimum absolute atomic E-state index is 0.132. The van der Waals surface area contributed by atoms with Crippen molar-refractivity contribution in [3.8, 4) is 0 Å². The number of aliphatic hydroxyl groups excluding tert-OH is 1. The summed E-state index contributed by atoms with van der Waals surface area (Å²) in [6, 6.07) is 0. The van der Waals surface area contributed by atoms with Gasteiger partial charge in [-0.3, -0.25) is 0 Å². The smallest absolute Gasteiger partial charge is 0.113 e. The zero-order valence-electron chi connectivity index (χ0n) is 4.79. The SMILES string of the molecule is CC(O)(CO)C1CO1. The first-order valence-corrected chi connectivity index (χ1v) is 2.61. The molecule has 3 heteroatoms. The maximum atomic E-state index is 9.09. The van der Waals surface area contributed by atoms with Crippen LogP contribution in [0.2, 0.25) is 0 Å².